The third kappa shape index (κ3) is 3.00. The van der Waals surface area contributed by atoms with Crippen molar-refractivity contribution in [2.75, 3.05) is 5.32 Å². The second kappa shape index (κ2) is 6.30. The van der Waals surface area contributed by atoms with Crippen molar-refractivity contribution in [3.8, 4) is 5.75 Å². The Morgan fingerprint density at radius 3 is 2.96 bits per heavy atom. The first kappa shape index (κ1) is 15.4. The number of carbonyl (C=O) groups is 1. The summed E-state index contributed by atoms with van der Waals surface area (Å²) < 4.78 is 1.75. The van der Waals surface area contributed by atoms with Crippen LogP contribution in [0.2, 0.25) is 5.02 Å². The lowest BCUT2D eigenvalue weighted by atomic mass is 10.2. The van der Waals surface area contributed by atoms with Crippen LogP contribution in [0.5, 0.6) is 5.75 Å². The number of phenolic OH excluding ortho intramolecular Hbond substituents is 1. The maximum atomic E-state index is 12.7. The summed E-state index contributed by atoms with van der Waals surface area (Å²) in [6.45, 7) is 2.04. The maximum absolute atomic E-state index is 12.7. The number of fused-ring (bicyclic) bond motifs is 1. The smallest absolute Gasteiger partial charge is 0.274 e. The average Bonchev–Trinajstić information content (AvgIpc) is 2.89. The Hall–Kier alpha value is -2.53. The van der Waals surface area contributed by atoms with Gasteiger partial charge in [-0.3, -0.25) is 9.20 Å². The summed E-state index contributed by atoms with van der Waals surface area (Å²) in [6.07, 6.45) is 3.38. The van der Waals surface area contributed by atoms with Crippen molar-refractivity contribution in [3.05, 3.63) is 59.0 Å². The van der Waals surface area contributed by atoms with Gasteiger partial charge in [0.05, 0.1) is 11.4 Å². The molecule has 2 heterocycles. The monoisotopic (exact) mass is 329 g/mol. The fourth-order valence-corrected chi connectivity index (χ4v) is 2.66. The van der Waals surface area contributed by atoms with Gasteiger partial charge >= 0.3 is 0 Å². The number of aromatic nitrogens is 2. The van der Waals surface area contributed by atoms with Crippen LogP contribution in [0.4, 0.5) is 5.69 Å². The summed E-state index contributed by atoms with van der Waals surface area (Å²) in [7, 11) is 0. The van der Waals surface area contributed by atoms with E-state index in [1.165, 1.54) is 12.1 Å². The molecule has 5 nitrogen and oxygen atoms in total. The molecule has 0 aliphatic heterocycles. The molecular weight excluding hydrogens is 314 g/mol. The van der Waals surface area contributed by atoms with Gasteiger partial charge in [0.1, 0.15) is 17.1 Å². The SMILES string of the molecule is CCCc1nc2ccccn2c1C(=O)Nc1cc(Cl)ccc1O. The molecule has 3 rings (SSSR count). The van der Waals surface area contributed by atoms with Gasteiger partial charge in [0, 0.05) is 11.2 Å². The molecular formula is C17H16ClN3O2. The second-order valence-corrected chi connectivity index (χ2v) is 5.64. The largest absolute Gasteiger partial charge is 0.506 e. The standard InChI is InChI=1S/C17H16ClN3O2/c1-2-5-12-16(21-9-4-3-6-15(21)19-12)17(23)20-13-10-11(18)7-8-14(13)22/h3-4,6-10,22H,2,5H2,1H3,(H,20,23). The van der Waals surface area contributed by atoms with E-state index < -0.39 is 0 Å². The summed E-state index contributed by atoms with van der Waals surface area (Å²) in [6, 6.07) is 10.1. The number of amides is 1. The highest BCUT2D eigenvalue weighted by Gasteiger charge is 2.19. The van der Waals surface area contributed by atoms with Crippen molar-refractivity contribution in [2.45, 2.75) is 19.8 Å². The predicted molar refractivity (Wildman–Crippen MR) is 90.3 cm³/mol. The van der Waals surface area contributed by atoms with Crippen LogP contribution in [0.3, 0.4) is 0 Å². The molecule has 0 bridgehead atoms. The van der Waals surface area contributed by atoms with Crippen LogP contribution in [0.1, 0.15) is 29.5 Å². The van der Waals surface area contributed by atoms with Gasteiger partial charge in [-0.2, -0.15) is 0 Å². The van der Waals surface area contributed by atoms with E-state index in [9.17, 15) is 9.90 Å². The first-order chi connectivity index (χ1) is 11.1. The molecule has 0 fully saturated rings. The van der Waals surface area contributed by atoms with E-state index in [-0.39, 0.29) is 17.3 Å². The topological polar surface area (TPSA) is 66.6 Å². The molecule has 1 aromatic carbocycles. The zero-order chi connectivity index (χ0) is 16.4. The van der Waals surface area contributed by atoms with Gasteiger partial charge in [-0.25, -0.2) is 4.98 Å². The van der Waals surface area contributed by atoms with Crippen molar-refractivity contribution in [1.82, 2.24) is 9.38 Å². The summed E-state index contributed by atoms with van der Waals surface area (Å²) in [5, 5.41) is 13.0. The van der Waals surface area contributed by atoms with Crippen molar-refractivity contribution in [3.63, 3.8) is 0 Å². The Bertz CT molecular complexity index is 873. The molecule has 23 heavy (non-hydrogen) atoms. The van der Waals surface area contributed by atoms with Crippen molar-refractivity contribution in [2.24, 2.45) is 0 Å². The first-order valence-electron chi connectivity index (χ1n) is 7.36. The van der Waals surface area contributed by atoms with E-state index in [4.69, 9.17) is 11.6 Å². The Morgan fingerprint density at radius 2 is 2.17 bits per heavy atom. The van der Waals surface area contributed by atoms with Gasteiger partial charge < -0.3 is 10.4 Å². The average molecular weight is 330 g/mol. The minimum atomic E-state index is -0.329. The lowest BCUT2D eigenvalue weighted by Gasteiger charge is -2.09. The van der Waals surface area contributed by atoms with Crippen LogP contribution in [0, 0.1) is 0 Å². The van der Waals surface area contributed by atoms with E-state index in [0.29, 0.717) is 17.1 Å². The zero-order valence-corrected chi connectivity index (χ0v) is 13.3. The van der Waals surface area contributed by atoms with Crippen LogP contribution < -0.4 is 5.32 Å². The Morgan fingerprint density at radius 1 is 1.35 bits per heavy atom. The van der Waals surface area contributed by atoms with Crippen LogP contribution in [-0.4, -0.2) is 20.4 Å². The third-order valence-corrected chi connectivity index (χ3v) is 3.75. The minimum absolute atomic E-state index is 0.0337. The molecule has 0 aliphatic rings. The van der Waals surface area contributed by atoms with E-state index >= 15 is 0 Å². The molecule has 0 saturated heterocycles. The Kier molecular flexibility index (Phi) is 4.21. The van der Waals surface area contributed by atoms with Gasteiger partial charge in [0.25, 0.3) is 5.91 Å². The summed E-state index contributed by atoms with van der Waals surface area (Å²) in [5.41, 5.74) is 2.20. The van der Waals surface area contributed by atoms with Gasteiger partial charge in [-0.15, -0.1) is 0 Å². The van der Waals surface area contributed by atoms with E-state index in [1.807, 2.05) is 25.1 Å². The number of aromatic hydroxyl groups is 1. The number of halogens is 1. The molecule has 0 unspecified atom stereocenters. The Balaban J connectivity index is 2.03. The number of carbonyl (C=O) groups excluding carboxylic acids is 1. The number of phenols is 1. The quantitative estimate of drug-likeness (QED) is 0.713. The maximum Gasteiger partial charge on any atom is 0.274 e. The van der Waals surface area contributed by atoms with Crippen LogP contribution in [-0.2, 0) is 6.42 Å². The number of nitrogens with zero attached hydrogens (tertiary/aromatic N) is 2. The number of benzene rings is 1. The molecule has 118 valence electrons. The Labute approximate surface area is 138 Å². The van der Waals surface area contributed by atoms with Gasteiger partial charge in [0.15, 0.2) is 0 Å². The summed E-state index contributed by atoms with van der Waals surface area (Å²) in [4.78, 5) is 17.2. The van der Waals surface area contributed by atoms with Crippen LogP contribution in [0.15, 0.2) is 42.6 Å². The third-order valence-electron chi connectivity index (χ3n) is 3.51. The molecule has 6 heteroatoms. The van der Waals surface area contributed by atoms with Crippen molar-refractivity contribution in [1.29, 1.82) is 0 Å². The van der Waals surface area contributed by atoms with Crippen LogP contribution >= 0.6 is 11.6 Å². The van der Waals surface area contributed by atoms with Crippen molar-refractivity contribution < 1.29 is 9.90 Å². The fourth-order valence-electron chi connectivity index (χ4n) is 2.49. The van der Waals surface area contributed by atoms with E-state index in [0.717, 1.165) is 17.8 Å². The number of hydrogen-bond donors (Lipinski definition) is 2. The number of nitrogens with one attached hydrogen (secondary N) is 1. The number of anilines is 1. The van der Waals surface area contributed by atoms with Crippen LogP contribution in [0.25, 0.3) is 5.65 Å². The van der Waals surface area contributed by atoms with Gasteiger partial charge in [-0.05, 0) is 36.8 Å². The first-order valence-corrected chi connectivity index (χ1v) is 7.73. The summed E-state index contributed by atoms with van der Waals surface area (Å²) in [5.74, 6) is -0.363. The highest BCUT2D eigenvalue weighted by molar-refractivity contribution is 6.31. The molecule has 0 spiro atoms. The van der Waals surface area contributed by atoms with E-state index in [2.05, 4.69) is 10.3 Å². The van der Waals surface area contributed by atoms with Gasteiger partial charge in [0.2, 0.25) is 0 Å². The highest BCUT2D eigenvalue weighted by Crippen LogP contribution is 2.27. The van der Waals surface area contributed by atoms with E-state index in [1.54, 1.807) is 16.7 Å². The molecule has 2 aromatic heterocycles. The minimum Gasteiger partial charge on any atom is -0.506 e. The van der Waals surface area contributed by atoms with Crippen molar-refractivity contribution >= 4 is 28.8 Å². The molecule has 0 aliphatic carbocycles. The molecule has 0 atom stereocenters. The molecule has 3 aromatic rings. The highest BCUT2D eigenvalue weighted by atomic mass is 35.5. The molecule has 0 radical (unpaired) electrons. The predicted octanol–water partition coefficient (Wildman–Crippen LogP) is 3.90. The number of aryl methyl sites for hydroxylation is 1. The lowest BCUT2D eigenvalue weighted by molar-refractivity contribution is 0.102. The zero-order valence-electron chi connectivity index (χ0n) is 12.6. The normalized spacial score (nSPS) is 10.9. The molecule has 1 amide bonds. The second-order valence-electron chi connectivity index (χ2n) is 5.20. The molecule has 2 N–H and O–H groups in total. The summed E-state index contributed by atoms with van der Waals surface area (Å²) >= 11 is 5.92. The lowest BCUT2D eigenvalue weighted by Crippen LogP contribution is -2.16. The number of imidazole rings is 1. The molecule has 0 saturated carbocycles. The fraction of sp³-hybridized carbons (Fsp3) is 0.176. The number of rotatable bonds is 4. The number of pyridine rings is 1. The number of hydrogen-bond acceptors (Lipinski definition) is 3. The van der Waals surface area contributed by atoms with Gasteiger partial charge in [-0.1, -0.05) is 31.0 Å².